The molecule has 166 valence electrons. The Morgan fingerprint density at radius 2 is 1.79 bits per heavy atom. The lowest BCUT2D eigenvalue weighted by atomic mass is 10.0. The monoisotopic (exact) mass is 541 g/mol. The Labute approximate surface area is 208 Å². The van der Waals surface area contributed by atoms with Gasteiger partial charge in [-0.15, -0.1) is 0 Å². The summed E-state index contributed by atoms with van der Waals surface area (Å²) in [5, 5.41) is 4.99. The number of amides is 2. The number of aromatic amines is 1. The molecule has 1 aromatic heterocycles. The van der Waals surface area contributed by atoms with E-state index in [0.717, 1.165) is 37.8 Å². The first-order valence-electron chi connectivity index (χ1n) is 10.3. The molecule has 0 atom stereocenters. The van der Waals surface area contributed by atoms with Crippen molar-refractivity contribution in [1.82, 2.24) is 10.3 Å². The fraction of sp³-hybridized carbons (Fsp3) is 0.120. The minimum absolute atomic E-state index is 0.105. The van der Waals surface area contributed by atoms with Gasteiger partial charge in [-0.05, 0) is 59.7 Å². The van der Waals surface area contributed by atoms with Crippen LogP contribution in [0, 0.1) is 0 Å². The molecule has 0 radical (unpaired) electrons. The van der Waals surface area contributed by atoms with Crippen molar-refractivity contribution in [3.05, 3.63) is 86.3 Å². The summed E-state index contributed by atoms with van der Waals surface area (Å²) in [5.41, 5.74) is 5.09. The number of H-pyrrole nitrogens is 1. The fourth-order valence-electron chi connectivity index (χ4n) is 4.13. The van der Waals surface area contributed by atoms with E-state index < -0.39 is 0 Å². The summed E-state index contributed by atoms with van der Waals surface area (Å²) in [4.78, 5) is 31.1. The Morgan fingerprint density at radius 1 is 1.03 bits per heavy atom. The SMILES string of the molecule is O=C(CN1C(=O)Cc2c([nH]c3ccc(Br)cc23)-c2ccc(Cl)cc21)NCc1ccc(Cl)cc1. The molecule has 4 aromatic rings. The average Bonchev–Trinajstić information content (AvgIpc) is 3.09. The van der Waals surface area contributed by atoms with E-state index in [1.54, 1.807) is 24.3 Å². The Bertz CT molecular complexity index is 1400. The number of nitrogens with one attached hydrogen (secondary N) is 2. The highest BCUT2D eigenvalue weighted by Crippen LogP contribution is 2.41. The van der Waals surface area contributed by atoms with E-state index in [0.29, 0.717) is 22.3 Å². The molecule has 0 bridgehead atoms. The molecule has 1 aliphatic rings. The average molecular weight is 543 g/mol. The van der Waals surface area contributed by atoms with Gasteiger partial charge in [-0.25, -0.2) is 0 Å². The number of carbonyl (C=O) groups is 2. The predicted molar refractivity (Wildman–Crippen MR) is 136 cm³/mol. The maximum absolute atomic E-state index is 13.4. The minimum atomic E-state index is -0.262. The van der Waals surface area contributed by atoms with Crippen LogP contribution in [0.4, 0.5) is 5.69 Å². The van der Waals surface area contributed by atoms with Crippen LogP contribution in [0.2, 0.25) is 10.0 Å². The van der Waals surface area contributed by atoms with Crippen LogP contribution in [0.3, 0.4) is 0 Å². The number of carbonyl (C=O) groups excluding carboxylic acids is 2. The third-order valence-electron chi connectivity index (χ3n) is 5.72. The smallest absolute Gasteiger partial charge is 0.240 e. The number of nitrogens with zero attached hydrogens (tertiary/aromatic N) is 1. The zero-order valence-corrected chi connectivity index (χ0v) is 20.4. The molecule has 0 unspecified atom stereocenters. The molecule has 0 saturated heterocycles. The van der Waals surface area contributed by atoms with E-state index in [-0.39, 0.29) is 24.8 Å². The van der Waals surface area contributed by atoms with Gasteiger partial charge in [0.2, 0.25) is 11.8 Å². The Kier molecular flexibility index (Phi) is 5.91. The second-order valence-electron chi connectivity index (χ2n) is 7.89. The van der Waals surface area contributed by atoms with Crippen molar-refractivity contribution < 1.29 is 9.59 Å². The summed E-state index contributed by atoms with van der Waals surface area (Å²) in [6, 6.07) is 18.6. The largest absolute Gasteiger partial charge is 0.354 e. The third kappa shape index (κ3) is 4.38. The van der Waals surface area contributed by atoms with Crippen molar-refractivity contribution in [3.63, 3.8) is 0 Å². The van der Waals surface area contributed by atoms with Gasteiger partial charge in [-0.1, -0.05) is 51.3 Å². The normalized spacial score (nSPS) is 12.9. The summed E-state index contributed by atoms with van der Waals surface area (Å²) in [6.45, 7) is 0.240. The van der Waals surface area contributed by atoms with Crippen LogP contribution in [0.5, 0.6) is 0 Å². The van der Waals surface area contributed by atoms with Crippen molar-refractivity contribution >= 4 is 67.5 Å². The van der Waals surface area contributed by atoms with E-state index in [4.69, 9.17) is 23.2 Å². The van der Waals surface area contributed by atoms with Gasteiger partial charge in [0, 0.05) is 37.5 Å². The number of halogens is 3. The highest BCUT2D eigenvalue weighted by molar-refractivity contribution is 9.10. The maximum Gasteiger partial charge on any atom is 0.240 e. The zero-order chi connectivity index (χ0) is 23.1. The molecule has 0 spiro atoms. The lowest BCUT2D eigenvalue weighted by Crippen LogP contribution is -2.41. The molecule has 0 saturated carbocycles. The van der Waals surface area contributed by atoms with Gasteiger partial charge >= 0.3 is 0 Å². The molecule has 0 aliphatic carbocycles. The summed E-state index contributed by atoms with van der Waals surface area (Å²) in [6.07, 6.45) is 0.169. The van der Waals surface area contributed by atoms with Crippen LogP contribution in [0.1, 0.15) is 11.1 Å². The number of benzene rings is 3. The summed E-state index contributed by atoms with van der Waals surface area (Å²) in [5.74, 6) is -0.429. The van der Waals surface area contributed by atoms with Crippen molar-refractivity contribution in [3.8, 4) is 11.3 Å². The molecule has 0 fully saturated rings. The highest BCUT2D eigenvalue weighted by Gasteiger charge is 2.30. The predicted octanol–water partition coefficient (Wildman–Crippen LogP) is 6.11. The lowest BCUT2D eigenvalue weighted by molar-refractivity contribution is -0.123. The van der Waals surface area contributed by atoms with Crippen LogP contribution >= 0.6 is 39.1 Å². The van der Waals surface area contributed by atoms with Gasteiger partial charge in [-0.3, -0.25) is 9.59 Å². The number of hydrogen-bond acceptors (Lipinski definition) is 2. The fourth-order valence-corrected chi connectivity index (χ4v) is 4.78. The molecule has 33 heavy (non-hydrogen) atoms. The van der Waals surface area contributed by atoms with Crippen LogP contribution in [0.25, 0.3) is 22.2 Å². The summed E-state index contributed by atoms with van der Waals surface area (Å²) >= 11 is 15.7. The van der Waals surface area contributed by atoms with Crippen molar-refractivity contribution in [1.29, 1.82) is 0 Å². The van der Waals surface area contributed by atoms with Crippen molar-refractivity contribution in [2.75, 3.05) is 11.4 Å². The first-order valence-corrected chi connectivity index (χ1v) is 11.9. The summed E-state index contributed by atoms with van der Waals surface area (Å²) in [7, 11) is 0. The first-order chi connectivity index (χ1) is 15.9. The molecular weight excluding hydrogens is 525 g/mol. The van der Waals surface area contributed by atoms with Crippen LogP contribution in [-0.4, -0.2) is 23.3 Å². The Hall–Kier alpha value is -2.80. The molecule has 2 amide bonds. The molecular formula is C25H18BrCl2N3O2. The number of anilines is 1. The molecule has 5 nitrogen and oxygen atoms in total. The summed E-state index contributed by atoms with van der Waals surface area (Å²) < 4.78 is 0.934. The van der Waals surface area contributed by atoms with Gasteiger partial charge in [0.25, 0.3) is 0 Å². The van der Waals surface area contributed by atoms with E-state index in [9.17, 15) is 9.59 Å². The standard InChI is InChI=1S/C25H18BrCl2N3O2/c26-15-3-8-21-19(9-15)20-11-24(33)31(22-10-17(28)6-7-18(22)25(20)30-21)13-23(32)29-12-14-1-4-16(27)5-2-14/h1-10,30H,11-13H2,(H,29,32). The minimum Gasteiger partial charge on any atom is -0.354 e. The van der Waals surface area contributed by atoms with Gasteiger partial charge in [0.15, 0.2) is 0 Å². The molecule has 8 heteroatoms. The quantitative estimate of drug-likeness (QED) is 0.327. The zero-order valence-electron chi connectivity index (χ0n) is 17.3. The lowest BCUT2D eigenvalue weighted by Gasteiger charge is -2.23. The van der Waals surface area contributed by atoms with E-state index in [2.05, 4.69) is 26.2 Å². The third-order valence-corrected chi connectivity index (χ3v) is 6.70. The van der Waals surface area contributed by atoms with Crippen molar-refractivity contribution in [2.45, 2.75) is 13.0 Å². The Morgan fingerprint density at radius 3 is 2.58 bits per heavy atom. The molecule has 1 aliphatic heterocycles. The second-order valence-corrected chi connectivity index (χ2v) is 9.68. The van der Waals surface area contributed by atoms with Crippen molar-refractivity contribution in [2.24, 2.45) is 0 Å². The van der Waals surface area contributed by atoms with E-state index in [1.807, 2.05) is 36.4 Å². The number of aromatic nitrogens is 1. The highest BCUT2D eigenvalue weighted by atomic mass is 79.9. The van der Waals surface area contributed by atoms with E-state index >= 15 is 0 Å². The van der Waals surface area contributed by atoms with Gasteiger partial charge < -0.3 is 15.2 Å². The van der Waals surface area contributed by atoms with Gasteiger partial charge in [0.05, 0.1) is 17.8 Å². The maximum atomic E-state index is 13.4. The first kappa shape index (κ1) is 22.0. The molecule has 5 rings (SSSR count). The Balaban J connectivity index is 1.47. The molecule has 2 heterocycles. The van der Waals surface area contributed by atoms with Crippen LogP contribution < -0.4 is 10.2 Å². The number of hydrogen-bond donors (Lipinski definition) is 2. The molecule has 3 aromatic carbocycles. The molecule has 2 N–H and O–H groups in total. The van der Waals surface area contributed by atoms with Gasteiger partial charge in [0.1, 0.15) is 6.54 Å². The van der Waals surface area contributed by atoms with Crippen LogP contribution in [-0.2, 0) is 22.6 Å². The second kappa shape index (κ2) is 8.86. The number of fused-ring (bicyclic) bond motifs is 5. The van der Waals surface area contributed by atoms with E-state index in [1.165, 1.54) is 4.90 Å². The number of rotatable bonds is 4. The topological polar surface area (TPSA) is 65.2 Å². The van der Waals surface area contributed by atoms with Crippen LogP contribution in [0.15, 0.2) is 65.1 Å². The van der Waals surface area contributed by atoms with Gasteiger partial charge in [-0.2, -0.15) is 0 Å².